The number of carbonyl (C=O) groups excluding carboxylic acids is 1. The molecule has 0 spiro atoms. The Morgan fingerprint density at radius 1 is 1.40 bits per heavy atom. The van der Waals surface area contributed by atoms with Gasteiger partial charge in [-0.1, -0.05) is 32.0 Å². The number of nitrogens with one attached hydrogen (secondary N) is 2. The average Bonchev–Trinajstić information content (AvgIpc) is 2.83. The van der Waals surface area contributed by atoms with E-state index in [1.165, 1.54) is 10.9 Å². The predicted molar refractivity (Wildman–Crippen MR) is 80.2 cm³/mol. The molecule has 0 radical (unpaired) electrons. The van der Waals surface area contributed by atoms with E-state index in [9.17, 15) is 4.79 Å². The highest BCUT2D eigenvalue weighted by molar-refractivity contribution is 5.84. The van der Waals surface area contributed by atoms with Crippen LogP contribution in [-0.2, 0) is 11.2 Å². The van der Waals surface area contributed by atoms with Crippen molar-refractivity contribution in [2.75, 3.05) is 6.54 Å². The fourth-order valence-electron chi connectivity index (χ4n) is 2.27. The molecule has 1 unspecified atom stereocenters. The van der Waals surface area contributed by atoms with Crippen LogP contribution in [0.3, 0.4) is 0 Å². The molecule has 2 rings (SSSR count). The maximum absolute atomic E-state index is 11.9. The summed E-state index contributed by atoms with van der Waals surface area (Å²) in [6.45, 7) is 11.4. The van der Waals surface area contributed by atoms with E-state index in [1.54, 1.807) is 0 Å². The molecule has 104 valence electrons. The summed E-state index contributed by atoms with van der Waals surface area (Å²) in [7, 11) is 0. The molecule has 1 amide bonds. The summed E-state index contributed by atoms with van der Waals surface area (Å²) < 4.78 is 0. The Kier molecular flexibility index (Phi) is 4.41. The van der Waals surface area contributed by atoms with Crippen LogP contribution >= 0.6 is 0 Å². The van der Waals surface area contributed by atoms with E-state index in [1.807, 2.05) is 38.2 Å². The topological polar surface area (TPSA) is 49.2 Å². The second kappa shape index (κ2) is 6.25. The van der Waals surface area contributed by atoms with E-state index >= 15 is 0 Å². The lowest BCUT2D eigenvalue weighted by molar-refractivity contribution is -0.122. The molecule has 4 nitrogen and oxygen atoms in total. The van der Waals surface area contributed by atoms with Gasteiger partial charge in [0.1, 0.15) is 0 Å². The number of fused-ring (bicyclic) bond motifs is 1. The first-order chi connectivity index (χ1) is 9.63. The zero-order valence-electron chi connectivity index (χ0n) is 11.8. The molecule has 2 aromatic rings. The standard InChI is InChI=1S/C16H19N3O/c1-11(2)15(17-3)16(20)18-9-8-12-10-19-14-7-5-4-6-13(12)14/h4-7,10-11,15,19H,8-9H2,1-2H3,(H,18,20). The summed E-state index contributed by atoms with van der Waals surface area (Å²) in [5.74, 6) is -0.129. The minimum atomic E-state index is -0.585. The van der Waals surface area contributed by atoms with Crippen LogP contribution in [0.5, 0.6) is 0 Å². The predicted octanol–water partition coefficient (Wildman–Crippen LogP) is 2.77. The third-order valence-electron chi connectivity index (χ3n) is 3.41. The molecule has 0 aliphatic carbocycles. The van der Waals surface area contributed by atoms with Crippen molar-refractivity contribution >= 4 is 16.8 Å². The first-order valence-electron chi connectivity index (χ1n) is 6.82. The number of para-hydroxylation sites is 1. The maximum Gasteiger partial charge on any atom is 0.303 e. The summed E-state index contributed by atoms with van der Waals surface area (Å²) >= 11 is 0. The molecule has 1 aromatic heterocycles. The maximum atomic E-state index is 11.9. The molecule has 1 aromatic carbocycles. The second-order valence-corrected chi connectivity index (χ2v) is 5.22. The molecule has 0 saturated heterocycles. The minimum Gasteiger partial charge on any atom is -0.361 e. The first-order valence-corrected chi connectivity index (χ1v) is 6.82. The number of aromatic nitrogens is 1. The van der Waals surface area contributed by atoms with E-state index in [4.69, 9.17) is 6.57 Å². The molecule has 0 aliphatic heterocycles. The van der Waals surface area contributed by atoms with Crippen LogP contribution in [-0.4, -0.2) is 23.5 Å². The van der Waals surface area contributed by atoms with Crippen LogP contribution in [0.4, 0.5) is 0 Å². The number of hydrogen-bond donors (Lipinski definition) is 2. The van der Waals surface area contributed by atoms with Crippen molar-refractivity contribution in [2.45, 2.75) is 26.3 Å². The number of H-pyrrole nitrogens is 1. The quantitative estimate of drug-likeness (QED) is 0.806. The van der Waals surface area contributed by atoms with Gasteiger partial charge in [0.05, 0.1) is 0 Å². The van der Waals surface area contributed by atoms with E-state index < -0.39 is 6.04 Å². The zero-order valence-corrected chi connectivity index (χ0v) is 11.8. The van der Waals surface area contributed by atoms with Gasteiger partial charge in [0.2, 0.25) is 0 Å². The van der Waals surface area contributed by atoms with Gasteiger partial charge < -0.3 is 15.1 Å². The molecular formula is C16H19N3O. The number of nitrogens with zero attached hydrogens (tertiary/aromatic N) is 1. The fraction of sp³-hybridized carbons (Fsp3) is 0.375. The van der Waals surface area contributed by atoms with Crippen molar-refractivity contribution in [1.29, 1.82) is 0 Å². The van der Waals surface area contributed by atoms with Gasteiger partial charge in [-0.3, -0.25) is 4.79 Å². The molecule has 2 N–H and O–H groups in total. The third kappa shape index (κ3) is 3.00. The molecule has 20 heavy (non-hydrogen) atoms. The first kappa shape index (κ1) is 14.1. The Hall–Kier alpha value is -2.28. The Labute approximate surface area is 119 Å². The van der Waals surface area contributed by atoms with E-state index in [-0.39, 0.29) is 11.8 Å². The summed E-state index contributed by atoms with van der Waals surface area (Å²) in [6.07, 6.45) is 2.74. The summed E-state index contributed by atoms with van der Waals surface area (Å²) in [5.41, 5.74) is 2.29. The minimum absolute atomic E-state index is 0.0422. The lowest BCUT2D eigenvalue weighted by atomic mass is 10.0. The average molecular weight is 269 g/mol. The molecule has 4 heteroatoms. The van der Waals surface area contributed by atoms with Crippen molar-refractivity contribution in [3.05, 3.63) is 47.4 Å². The monoisotopic (exact) mass is 269 g/mol. The van der Waals surface area contributed by atoms with Gasteiger partial charge in [0, 0.05) is 29.6 Å². The number of carbonyl (C=O) groups is 1. The largest absolute Gasteiger partial charge is 0.361 e. The van der Waals surface area contributed by atoms with Crippen LogP contribution in [0.25, 0.3) is 15.7 Å². The molecule has 0 fully saturated rings. The smallest absolute Gasteiger partial charge is 0.303 e. The van der Waals surface area contributed by atoms with Gasteiger partial charge >= 0.3 is 11.9 Å². The van der Waals surface area contributed by atoms with Crippen molar-refractivity contribution in [1.82, 2.24) is 10.3 Å². The Balaban J connectivity index is 1.93. The van der Waals surface area contributed by atoms with Crippen molar-refractivity contribution in [2.24, 2.45) is 5.92 Å². The van der Waals surface area contributed by atoms with Gasteiger partial charge in [0.15, 0.2) is 0 Å². The normalized spacial score (nSPS) is 12.3. The van der Waals surface area contributed by atoms with Crippen LogP contribution in [0.15, 0.2) is 30.5 Å². The van der Waals surface area contributed by atoms with Crippen LogP contribution in [0.1, 0.15) is 19.4 Å². The molecule has 0 saturated carbocycles. The van der Waals surface area contributed by atoms with Crippen molar-refractivity contribution in [3.8, 4) is 0 Å². The SMILES string of the molecule is [C-]#[N+]C(C(=O)NCCc1c[nH]c2ccccc12)C(C)C. The number of hydrogen-bond acceptors (Lipinski definition) is 1. The van der Waals surface area contributed by atoms with Crippen molar-refractivity contribution < 1.29 is 4.79 Å². The lowest BCUT2D eigenvalue weighted by Gasteiger charge is -2.09. The Morgan fingerprint density at radius 3 is 2.85 bits per heavy atom. The van der Waals surface area contributed by atoms with Gasteiger partial charge in [-0.05, 0) is 18.1 Å². The highest BCUT2D eigenvalue weighted by atomic mass is 16.2. The molecule has 1 atom stereocenters. The van der Waals surface area contributed by atoms with Crippen LogP contribution < -0.4 is 5.32 Å². The molecule has 0 bridgehead atoms. The lowest BCUT2D eigenvalue weighted by Crippen LogP contribution is -2.36. The Bertz CT molecular complexity index is 636. The molecule has 0 aliphatic rings. The van der Waals surface area contributed by atoms with E-state index in [0.29, 0.717) is 6.54 Å². The van der Waals surface area contributed by atoms with Crippen LogP contribution in [0, 0.1) is 12.5 Å². The molecule has 1 heterocycles. The van der Waals surface area contributed by atoms with Gasteiger partial charge in [-0.25, -0.2) is 6.57 Å². The van der Waals surface area contributed by atoms with E-state index in [0.717, 1.165) is 11.9 Å². The number of benzene rings is 1. The van der Waals surface area contributed by atoms with Crippen LogP contribution in [0.2, 0.25) is 0 Å². The van der Waals surface area contributed by atoms with Crippen molar-refractivity contribution in [3.63, 3.8) is 0 Å². The zero-order chi connectivity index (χ0) is 14.5. The van der Waals surface area contributed by atoms with Gasteiger partial charge in [-0.2, -0.15) is 0 Å². The summed E-state index contributed by atoms with van der Waals surface area (Å²) in [4.78, 5) is 18.5. The Morgan fingerprint density at radius 2 is 2.15 bits per heavy atom. The highest BCUT2D eigenvalue weighted by Crippen LogP contribution is 2.17. The number of rotatable bonds is 5. The third-order valence-corrected chi connectivity index (χ3v) is 3.41. The number of amides is 1. The van der Waals surface area contributed by atoms with Gasteiger partial charge in [-0.15, -0.1) is 0 Å². The number of aromatic amines is 1. The summed E-state index contributed by atoms with van der Waals surface area (Å²) in [6, 6.07) is 7.52. The van der Waals surface area contributed by atoms with E-state index in [2.05, 4.69) is 21.2 Å². The second-order valence-electron chi connectivity index (χ2n) is 5.22. The van der Waals surface area contributed by atoms with Gasteiger partial charge in [0.25, 0.3) is 0 Å². The highest BCUT2D eigenvalue weighted by Gasteiger charge is 2.26. The summed E-state index contributed by atoms with van der Waals surface area (Å²) in [5, 5.41) is 4.04. The molecular weight excluding hydrogens is 250 g/mol. The fourth-order valence-corrected chi connectivity index (χ4v) is 2.27.